The van der Waals surface area contributed by atoms with Crippen LogP contribution in [0, 0.1) is 0 Å². The summed E-state index contributed by atoms with van der Waals surface area (Å²) in [6.07, 6.45) is 3.16. The number of aromatic amines is 1. The second-order valence-corrected chi connectivity index (χ2v) is 8.72. The maximum absolute atomic E-state index is 12.9. The summed E-state index contributed by atoms with van der Waals surface area (Å²) in [5, 5.41) is 22.2. The van der Waals surface area contributed by atoms with Crippen molar-refractivity contribution in [3.63, 3.8) is 0 Å². The Morgan fingerprint density at radius 2 is 2.00 bits per heavy atom. The molecule has 2 aromatic heterocycles. The van der Waals surface area contributed by atoms with Gasteiger partial charge in [0.1, 0.15) is 11.4 Å². The van der Waals surface area contributed by atoms with Gasteiger partial charge in [0.15, 0.2) is 10.9 Å². The van der Waals surface area contributed by atoms with Crippen LogP contribution in [0.3, 0.4) is 0 Å². The molecule has 2 heterocycles. The number of aliphatic hydroxyl groups excluding tert-OH is 1. The average molecular weight is 473 g/mol. The smallest absolute Gasteiger partial charge is 0.352 e. The van der Waals surface area contributed by atoms with E-state index in [1.165, 1.54) is 11.3 Å². The second kappa shape index (κ2) is 11.2. The van der Waals surface area contributed by atoms with Crippen LogP contribution in [0.1, 0.15) is 74.4 Å². The molecule has 0 saturated heterocycles. The molecule has 9 nitrogen and oxygen atoms in total. The van der Waals surface area contributed by atoms with Crippen molar-refractivity contribution in [3.8, 4) is 0 Å². The highest BCUT2D eigenvalue weighted by Gasteiger charge is 2.20. The number of carbonyl (C=O) groups excluding carboxylic acids is 2. The first-order valence-electron chi connectivity index (χ1n) is 10.9. The number of carbonyl (C=O) groups is 3. The van der Waals surface area contributed by atoms with E-state index in [1.807, 2.05) is 6.92 Å². The van der Waals surface area contributed by atoms with Gasteiger partial charge in [-0.3, -0.25) is 14.9 Å². The van der Waals surface area contributed by atoms with Gasteiger partial charge < -0.3 is 20.9 Å². The second-order valence-electron chi connectivity index (χ2n) is 7.64. The van der Waals surface area contributed by atoms with Crippen molar-refractivity contribution < 1.29 is 24.6 Å². The third-order valence-corrected chi connectivity index (χ3v) is 6.44. The Labute approximate surface area is 195 Å². The average Bonchev–Trinajstić information content (AvgIpc) is 3.38. The number of benzene rings is 1. The van der Waals surface area contributed by atoms with E-state index in [9.17, 15) is 19.5 Å². The molecule has 0 saturated carbocycles. The maximum Gasteiger partial charge on any atom is 0.352 e. The zero-order valence-electron chi connectivity index (χ0n) is 18.4. The standard InChI is InChI=1S/C23H28N4O5S/c1-2-18-20(17(29)7-3-4-11-28)26-23(33-18)27-21(30)13-8-9-16-15(12-13)14(6-5-10-24)19(25-16)22(31)32/h8-9,12,25,28H,2-7,10-11,24H2,1H3,(H,31,32)(H,26,27,30). The molecule has 0 aliphatic rings. The summed E-state index contributed by atoms with van der Waals surface area (Å²) < 4.78 is 0. The fraction of sp³-hybridized carbons (Fsp3) is 0.391. The van der Waals surface area contributed by atoms with Crippen LogP contribution in [0.25, 0.3) is 10.9 Å². The number of nitrogens with one attached hydrogen (secondary N) is 2. The number of hydrogen-bond acceptors (Lipinski definition) is 7. The van der Waals surface area contributed by atoms with E-state index >= 15 is 0 Å². The Morgan fingerprint density at radius 3 is 2.67 bits per heavy atom. The Kier molecular flexibility index (Phi) is 8.32. The van der Waals surface area contributed by atoms with E-state index in [1.54, 1.807) is 18.2 Å². The summed E-state index contributed by atoms with van der Waals surface area (Å²) in [6, 6.07) is 4.95. The van der Waals surface area contributed by atoms with Crippen LogP contribution < -0.4 is 11.1 Å². The molecule has 1 aromatic carbocycles. The molecule has 1 amide bonds. The number of Topliss-reactive ketones (excluding diaryl/α,β-unsaturated/α-hetero) is 1. The van der Waals surface area contributed by atoms with Gasteiger partial charge in [-0.25, -0.2) is 9.78 Å². The number of carboxylic acids is 1. The number of amides is 1. The molecule has 0 spiro atoms. The topological polar surface area (TPSA) is 158 Å². The van der Waals surface area contributed by atoms with Crippen molar-refractivity contribution in [3.05, 3.63) is 45.6 Å². The van der Waals surface area contributed by atoms with Crippen LogP contribution in [0.5, 0.6) is 0 Å². The largest absolute Gasteiger partial charge is 0.477 e. The van der Waals surface area contributed by atoms with Crippen LogP contribution >= 0.6 is 11.3 Å². The molecule has 0 fully saturated rings. The van der Waals surface area contributed by atoms with E-state index in [-0.39, 0.29) is 18.1 Å². The molecule has 33 heavy (non-hydrogen) atoms. The number of aliphatic hydroxyl groups is 1. The van der Waals surface area contributed by atoms with Gasteiger partial charge in [-0.05, 0) is 62.4 Å². The van der Waals surface area contributed by atoms with Crippen LogP contribution in [0.4, 0.5) is 5.13 Å². The number of aromatic nitrogens is 2. The van der Waals surface area contributed by atoms with E-state index in [2.05, 4.69) is 15.3 Å². The van der Waals surface area contributed by atoms with Gasteiger partial charge in [0.25, 0.3) is 5.91 Å². The molecule has 3 rings (SSSR count). The monoisotopic (exact) mass is 472 g/mol. The van der Waals surface area contributed by atoms with Crippen LogP contribution in [-0.4, -0.2) is 51.0 Å². The predicted molar refractivity (Wildman–Crippen MR) is 127 cm³/mol. The predicted octanol–water partition coefficient (Wildman–Crippen LogP) is 3.37. The number of nitrogens with zero attached hydrogens (tertiary/aromatic N) is 1. The third kappa shape index (κ3) is 5.65. The molecule has 0 aliphatic heterocycles. The van der Waals surface area contributed by atoms with E-state index in [0.29, 0.717) is 77.9 Å². The SMILES string of the molecule is CCc1sc(NC(=O)c2ccc3[nH]c(C(=O)O)c(CCCN)c3c2)nc1C(=O)CCCCO. The number of rotatable bonds is 12. The number of unbranched alkanes of at least 4 members (excludes halogenated alkanes) is 1. The molecule has 0 unspecified atom stereocenters. The number of fused-ring (bicyclic) bond motifs is 1. The van der Waals surface area contributed by atoms with Crippen LogP contribution in [-0.2, 0) is 12.8 Å². The lowest BCUT2D eigenvalue weighted by molar-refractivity contribution is 0.0689. The van der Waals surface area contributed by atoms with Crippen LogP contribution in [0.2, 0.25) is 0 Å². The molecule has 6 N–H and O–H groups in total. The summed E-state index contributed by atoms with van der Waals surface area (Å²) in [5.74, 6) is -1.55. The zero-order chi connectivity index (χ0) is 24.0. The van der Waals surface area contributed by atoms with E-state index < -0.39 is 11.9 Å². The fourth-order valence-corrected chi connectivity index (χ4v) is 4.57. The summed E-state index contributed by atoms with van der Waals surface area (Å²) >= 11 is 1.26. The molecular weight excluding hydrogens is 444 g/mol. The molecule has 3 aromatic rings. The zero-order valence-corrected chi connectivity index (χ0v) is 19.3. The van der Waals surface area contributed by atoms with Gasteiger partial charge in [-0.15, -0.1) is 11.3 Å². The van der Waals surface area contributed by atoms with E-state index in [4.69, 9.17) is 10.8 Å². The summed E-state index contributed by atoms with van der Waals surface area (Å²) in [6.45, 7) is 2.39. The summed E-state index contributed by atoms with van der Waals surface area (Å²) in [5.41, 5.74) is 7.68. The fourth-order valence-electron chi connectivity index (χ4n) is 3.66. The first-order chi connectivity index (χ1) is 15.9. The third-order valence-electron chi connectivity index (χ3n) is 5.33. The van der Waals surface area contributed by atoms with Crippen molar-refractivity contribution in [2.24, 2.45) is 5.73 Å². The Bertz CT molecular complexity index is 1170. The normalized spacial score (nSPS) is 11.1. The molecule has 0 bridgehead atoms. The number of H-pyrrole nitrogens is 1. The lowest BCUT2D eigenvalue weighted by Gasteiger charge is -2.04. The van der Waals surface area contributed by atoms with Crippen molar-refractivity contribution in [2.75, 3.05) is 18.5 Å². The molecule has 10 heteroatoms. The number of carboxylic acid groups (broad SMARTS) is 1. The number of hydrogen-bond donors (Lipinski definition) is 5. The Morgan fingerprint density at radius 1 is 1.21 bits per heavy atom. The number of nitrogens with two attached hydrogens (primary N) is 1. The number of ketones is 1. The molecular formula is C23H28N4O5S. The number of aryl methyl sites for hydroxylation is 2. The molecule has 176 valence electrons. The first kappa shape index (κ1) is 24.6. The van der Waals surface area contributed by atoms with Crippen molar-refractivity contribution >= 4 is 45.0 Å². The van der Waals surface area contributed by atoms with Gasteiger partial charge in [0.05, 0.1) is 0 Å². The summed E-state index contributed by atoms with van der Waals surface area (Å²) in [7, 11) is 0. The maximum atomic E-state index is 12.9. The highest BCUT2D eigenvalue weighted by molar-refractivity contribution is 7.16. The minimum Gasteiger partial charge on any atom is -0.477 e. The first-order valence-corrected chi connectivity index (χ1v) is 11.7. The molecule has 0 radical (unpaired) electrons. The minimum absolute atomic E-state index is 0.0413. The van der Waals surface area contributed by atoms with Crippen molar-refractivity contribution in [2.45, 2.75) is 45.4 Å². The van der Waals surface area contributed by atoms with Gasteiger partial charge >= 0.3 is 5.97 Å². The number of thiazole rings is 1. The lowest BCUT2D eigenvalue weighted by Crippen LogP contribution is -2.12. The van der Waals surface area contributed by atoms with Gasteiger partial charge in [0, 0.05) is 34.4 Å². The van der Waals surface area contributed by atoms with Gasteiger partial charge in [0.2, 0.25) is 0 Å². The Balaban J connectivity index is 1.84. The van der Waals surface area contributed by atoms with Crippen molar-refractivity contribution in [1.29, 1.82) is 0 Å². The highest BCUT2D eigenvalue weighted by Crippen LogP contribution is 2.28. The van der Waals surface area contributed by atoms with Gasteiger partial charge in [-0.2, -0.15) is 0 Å². The Hall–Kier alpha value is -3.08. The quantitative estimate of drug-likeness (QED) is 0.200. The lowest BCUT2D eigenvalue weighted by atomic mass is 10.0. The van der Waals surface area contributed by atoms with Crippen LogP contribution in [0.15, 0.2) is 18.2 Å². The van der Waals surface area contributed by atoms with Gasteiger partial charge in [-0.1, -0.05) is 6.92 Å². The molecule has 0 atom stereocenters. The van der Waals surface area contributed by atoms with Crippen molar-refractivity contribution in [1.82, 2.24) is 9.97 Å². The number of anilines is 1. The molecule has 0 aliphatic carbocycles. The highest BCUT2D eigenvalue weighted by atomic mass is 32.1. The van der Waals surface area contributed by atoms with E-state index in [0.717, 1.165) is 4.88 Å². The number of aromatic carboxylic acids is 1. The summed E-state index contributed by atoms with van der Waals surface area (Å²) in [4.78, 5) is 45.1. The minimum atomic E-state index is -1.06.